The highest BCUT2D eigenvalue weighted by Gasteiger charge is 2.27. The Morgan fingerprint density at radius 2 is 2.10 bits per heavy atom. The van der Waals surface area contributed by atoms with E-state index in [4.69, 9.17) is 10.5 Å². The van der Waals surface area contributed by atoms with Crippen LogP contribution in [0.25, 0.3) is 0 Å². The number of benzene rings is 1. The van der Waals surface area contributed by atoms with E-state index in [1.54, 1.807) is 0 Å². The summed E-state index contributed by atoms with van der Waals surface area (Å²) in [6, 6.07) is 7.47. The Hall–Kier alpha value is -0.910. The van der Waals surface area contributed by atoms with Crippen LogP contribution in [0.1, 0.15) is 32.1 Å². The number of anilines is 1. The molecule has 0 unspecified atom stereocenters. The van der Waals surface area contributed by atoms with Crippen molar-refractivity contribution in [1.29, 1.82) is 0 Å². The van der Waals surface area contributed by atoms with Crippen molar-refractivity contribution in [2.75, 3.05) is 18.5 Å². The van der Waals surface area contributed by atoms with E-state index in [0.717, 1.165) is 35.8 Å². The molecule has 0 aromatic heterocycles. The summed E-state index contributed by atoms with van der Waals surface area (Å²) in [5.41, 5.74) is 6.77. The Kier molecular flexibility index (Phi) is 5.57. The Labute approximate surface area is 128 Å². The second-order valence-corrected chi connectivity index (χ2v) is 6.39. The molecule has 1 fully saturated rings. The highest BCUT2D eigenvalue weighted by Crippen LogP contribution is 2.26. The first kappa shape index (κ1) is 15.5. The van der Waals surface area contributed by atoms with E-state index in [9.17, 15) is 4.79 Å². The van der Waals surface area contributed by atoms with E-state index in [-0.39, 0.29) is 18.1 Å². The third-order valence-electron chi connectivity index (χ3n) is 3.58. The molecule has 1 saturated carbocycles. The van der Waals surface area contributed by atoms with E-state index < -0.39 is 0 Å². The van der Waals surface area contributed by atoms with Crippen molar-refractivity contribution < 1.29 is 9.53 Å². The number of hydrogen-bond donors (Lipinski definition) is 2. The zero-order valence-corrected chi connectivity index (χ0v) is 13.1. The van der Waals surface area contributed by atoms with Crippen LogP contribution in [-0.2, 0) is 9.53 Å². The van der Waals surface area contributed by atoms with Crippen molar-refractivity contribution in [1.82, 2.24) is 0 Å². The molecule has 20 heavy (non-hydrogen) atoms. The van der Waals surface area contributed by atoms with Crippen molar-refractivity contribution in [3.05, 3.63) is 28.7 Å². The van der Waals surface area contributed by atoms with E-state index in [0.29, 0.717) is 6.61 Å². The lowest BCUT2D eigenvalue weighted by Crippen LogP contribution is -2.46. The highest BCUT2D eigenvalue weighted by atomic mass is 79.9. The third kappa shape index (κ3) is 4.89. The molecule has 5 heteroatoms. The van der Waals surface area contributed by atoms with Crippen LogP contribution in [0.15, 0.2) is 28.7 Å². The number of carbonyl (C=O) groups excluding carboxylic acids is 1. The molecule has 1 aromatic rings. The molecule has 0 atom stereocenters. The lowest BCUT2D eigenvalue weighted by atomic mass is 9.83. The first-order chi connectivity index (χ1) is 9.57. The molecule has 1 aliphatic carbocycles. The summed E-state index contributed by atoms with van der Waals surface area (Å²) >= 11 is 3.36. The highest BCUT2D eigenvalue weighted by molar-refractivity contribution is 9.10. The summed E-state index contributed by atoms with van der Waals surface area (Å²) in [6.45, 7) is 0.504. The van der Waals surface area contributed by atoms with Crippen LogP contribution in [-0.4, -0.2) is 24.7 Å². The van der Waals surface area contributed by atoms with E-state index in [1.807, 2.05) is 24.3 Å². The molecular formula is C15H21BrN2O2. The van der Waals surface area contributed by atoms with E-state index in [1.165, 1.54) is 6.42 Å². The Morgan fingerprint density at radius 1 is 1.35 bits per heavy atom. The van der Waals surface area contributed by atoms with Crippen LogP contribution >= 0.6 is 15.9 Å². The topological polar surface area (TPSA) is 64.3 Å². The summed E-state index contributed by atoms with van der Waals surface area (Å²) in [4.78, 5) is 11.8. The summed E-state index contributed by atoms with van der Waals surface area (Å²) in [7, 11) is 0. The first-order valence-electron chi connectivity index (χ1n) is 6.99. The predicted octanol–water partition coefficient (Wildman–Crippen LogP) is 3.07. The van der Waals surface area contributed by atoms with E-state index >= 15 is 0 Å². The van der Waals surface area contributed by atoms with Gasteiger partial charge in [0.05, 0.1) is 6.61 Å². The second-order valence-electron chi connectivity index (χ2n) is 5.47. The van der Waals surface area contributed by atoms with E-state index in [2.05, 4.69) is 21.2 Å². The van der Waals surface area contributed by atoms with Gasteiger partial charge in [0.1, 0.15) is 6.61 Å². The fourth-order valence-corrected chi connectivity index (χ4v) is 2.91. The predicted molar refractivity (Wildman–Crippen MR) is 83.6 cm³/mol. The molecule has 0 heterocycles. The molecule has 1 aromatic carbocycles. The molecule has 4 nitrogen and oxygen atoms in total. The summed E-state index contributed by atoms with van der Waals surface area (Å²) in [5.74, 6) is -0.150. The van der Waals surface area contributed by atoms with Crippen LogP contribution in [0, 0.1) is 0 Å². The first-order valence-corrected chi connectivity index (χ1v) is 7.79. The largest absolute Gasteiger partial charge is 0.370 e. The van der Waals surface area contributed by atoms with Gasteiger partial charge in [-0.05, 0) is 31.0 Å². The molecule has 0 aliphatic heterocycles. The molecule has 110 valence electrons. The average Bonchev–Trinajstić information content (AvgIpc) is 2.39. The molecule has 3 N–H and O–H groups in total. The zero-order chi connectivity index (χ0) is 14.4. The zero-order valence-electron chi connectivity index (χ0n) is 11.5. The Morgan fingerprint density at radius 3 is 2.80 bits per heavy atom. The quantitative estimate of drug-likeness (QED) is 0.865. The Bertz CT molecular complexity index is 459. The smallest absolute Gasteiger partial charge is 0.250 e. The number of hydrogen-bond acceptors (Lipinski definition) is 3. The SMILES string of the molecule is NC1(COCC(=O)Nc2cccc(Br)c2)CCCCC1. The fourth-order valence-electron chi connectivity index (χ4n) is 2.51. The van der Waals surface area contributed by atoms with Crippen molar-refractivity contribution in [3.63, 3.8) is 0 Å². The normalized spacial score (nSPS) is 17.7. The molecule has 2 rings (SSSR count). The van der Waals surface area contributed by atoms with Gasteiger partial charge in [-0.3, -0.25) is 4.79 Å². The number of nitrogens with one attached hydrogen (secondary N) is 1. The van der Waals surface area contributed by atoms with Gasteiger partial charge < -0.3 is 15.8 Å². The van der Waals surface area contributed by atoms with Gasteiger partial charge in [0.15, 0.2) is 0 Å². The van der Waals surface area contributed by atoms with Crippen molar-refractivity contribution in [2.24, 2.45) is 5.73 Å². The number of carbonyl (C=O) groups is 1. The number of ether oxygens (including phenoxy) is 1. The average molecular weight is 341 g/mol. The molecular weight excluding hydrogens is 320 g/mol. The molecule has 0 saturated heterocycles. The summed E-state index contributed by atoms with van der Waals surface area (Å²) < 4.78 is 6.42. The van der Waals surface area contributed by atoms with Gasteiger partial charge in [0.25, 0.3) is 0 Å². The maximum Gasteiger partial charge on any atom is 0.250 e. The fraction of sp³-hybridized carbons (Fsp3) is 0.533. The van der Waals surface area contributed by atoms with Crippen molar-refractivity contribution >= 4 is 27.5 Å². The van der Waals surface area contributed by atoms with Gasteiger partial charge >= 0.3 is 0 Å². The molecule has 1 amide bonds. The van der Waals surface area contributed by atoms with Gasteiger partial charge in [0, 0.05) is 15.7 Å². The minimum atomic E-state index is -0.242. The third-order valence-corrected chi connectivity index (χ3v) is 4.07. The lowest BCUT2D eigenvalue weighted by Gasteiger charge is -2.32. The van der Waals surface area contributed by atoms with Crippen LogP contribution in [0.3, 0.4) is 0 Å². The molecule has 0 bridgehead atoms. The van der Waals surface area contributed by atoms with Crippen LogP contribution in [0.5, 0.6) is 0 Å². The van der Waals surface area contributed by atoms with Crippen molar-refractivity contribution in [3.8, 4) is 0 Å². The molecule has 0 radical (unpaired) electrons. The monoisotopic (exact) mass is 340 g/mol. The lowest BCUT2D eigenvalue weighted by molar-refractivity contribution is -0.121. The standard InChI is InChI=1S/C15H21BrN2O2/c16-12-5-4-6-13(9-12)18-14(19)10-20-11-15(17)7-2-1-3-8-15/h4-6,9H,1-3,7-8,10-11,17H2,(H,18,19). The number of amides is 1. The summed E-state index contributed by atoms with van der Waals surface area (Å²) in [6.07, 6.45) is 5.54. The molecule has 1 aliphatic rings. The maximum absolute atomic E-state index is 11.8. The van der Waals surface area contributed by atoms with Crippen LogP contribution in [0.4, 0.5) is 5.69 Å². The number of nitrogens with two attached hydrogens (primary N) is 1. The van der Waals surface area contributed by atoms with Gasteiger partial charge in [-0.15, -0.1) is 0 Å². The van der Waals surface area contributed by atoms with Gasteiger partial charge in [0.2, 0.25) is 5.91 Å². The second kappa shape index (κ2) is 7.20. The minimum absolute atomic E-state index is 0.0471. The van der Waals surface area contributed by atoms with Crippen LogP contribution < -0.4 is 11.1 Å². The molecule has 0 spiro atoms. The van der Waals surface area contributed by atoms with Gasteiger partial charge in [-0.25, -0.2) is 0 Å². The van der Waals surface area contributed by atoms with Gasteiger partial charge in [-0.1, -0.05) is 41.3 Å². The summed E-state index contributed by atoms with van der Waals surface area (Å²) in [5, 5.41) is 2.80. The number of rotatable bonds is 5. The Balaban J connectivity index is 1.72. The van der Waals surface area contributed by atoms with Crippen LogP contribution in [0.2, 0.25) is 0 Å². The number of halogens is 1. The minimum Gasteiger partial charge on any atom is -0.370 e. The maximum atomic E-state index is 11.8. The van der Waals surface area contributed by atoms with Gasteiger partial charge in [-0.2, -0.15) is 0 Å². The van der Waals surface area contributed by atoms with Crippen molar-refractivity contribution in [2.45, 2.75) is 37.6 Å².